The Labute approximate surface area is 86.1 Å². The lowest BCUT2D eigenvalue weighted by Gasteiger charge is -2.08. The number of aromatic nitrogens is 1. The molecule has 0 aliphatic rings. The summed E-state index contributed by atoms with van der Waals surface area (Å²) < 4.78 is 0. The molecule has 1 rings (SSSR count). The maximum Gasteiger partial charge on any atom is 0.129 e. The predicted octanol–water partition coefficient (Wildman–Crippen LogP) is 2.30. The summed E-state index contributed by atoms with van der Waals surface area (Å²) in [4.78, 5) is 3.95. The van der Waals surface area contributed by atoms with Crippen LogP contribution in [-0.4, -0.2) is 4.98 Å². The van der Waals surface area contributed by atoms with E-state index >= 15 is 0 Å². The molecular formula is C8H7Cl2N3. The van der Waals surface area contributed by atoms with E-state index in [1.165, 1.54) is 0 Å². The summed E-state index contributed by atoms with van der Waals surface area (Å²) in [6.45, 7) is 0. The molecule has 0 spiro atoms. The smallest absolute Gasteiger partial charge is 0.129 e. The van der Waals surface area contributed by atoms with E-state index in [0.29, 0.717) is 15.9 Å². The minimum atomic E-state index is -0.476. The van der Waals surface area contributed by atoms with Gasteiger partial charge in [0.15, 0.2) is 0 Å². The van der Waals surface area contributed by atoms with E-state index in [9.17, 15) is 0 Å². The zero-order valence-electron chi connectivity index (χ0n) is 6.67. The van der Waals surface area contributed by atoms with Crippen molar-refractivity contribution in [2.24, 2.45) is 5.73 Å². The number of nitriles is 1. The summed E-state index contributed by atoms with van der Waals surface area (Å²) >= 11 is 11.5. The topological polar surface area (TPSA) is 62.7 Å². The third-order valence-electron chi connectivity index (χ3n) is 1.50. The van der Waals surface area contributed by atoms with Crippen LogP contribution in [0.4, 0.5) is 0 Å². The number of rotatable bonds is 2. The second-order valence-electron chi connectivity index (χ2n) is 2.47. The van der Waals surface area contributed by atoms with E-state index in [2.05, 4.69) is 4.98 Å². The molecular weight excluding hydrogens is 209 g/mol. The van der Waals surface area contributed by atoms with Crippen molar-refractivity contribution in [1.29, 1.82) is 5.26 Å². The molecule has 0 amide bonds. The summed E-state index contributed by atoms with van der Waals surface area (Å²) in [6.07, 6.45) is 0.174. The first-order valence-electron chi connectivity index (χ1n) is 3.59. The molecule has 0 aromatic carbocycles. The fourth-order valence-corrected chi connectivity index (χ4v) is 1.29. The normalized spacial score (nSPS) is 12.2. The Morgan fingerprint density at radius 1 is 1.54 bits per heavy atom. The zero-order chi connectivity index (χ0) is 9.84. The van der Waals surface area contributed by atoms with Gasteiger partial charge in [0.1, 0.15) is 5.15 Å². The van der Waals surface area contributed by atoms with Crippen LogP contribution in [0.25, 0.3) is 0 Å². The van der Waals surface area contributed by atoms with Crippen LogP contribution in [0.5, 0.6) is 0 Å². The average Bonchev–Trinajstić information content (AvgIpc) is 2.09. The van der Waals surface area contributed by atoms with Crippen molar-refractivity contribution < 1.29 is 0 Å². The minimum absolute atomic E-state index is 0.174. The molecule has 0 aliphatic carbocycles. The van der Waals surface area contributed by atoms with Gasteiger partial charge in [-0.25, -0.2) is 4.98 Å². The third kappa shape index (κ3) is 2.56. The van der Waals surface area contributed by atoms with Gasteiger partial charge in [-0.1, -0.05) is 23.2 Å². The van der Waals surface area contributed by atoms with Gasteiger partial charge in [0.2, 0.25) is 0 Å². The lowest BCUT2D eigenvalue weighted by atomic mass is 10.1. The molecule has 3 nitrogen and oxygen atoms in total. The fourth-order valence-electron chi connectivity index (χ4n) is 0.888. The van der Waals surface area contributed by atoms with E-state index < -0.39 is 6.04 Å². The Morgan fingerprint density at radius 2 is 2.23 bits per heavy atom. The van der Waals surface area contributed by atoms with Gasteiger partial charge in [-0.05, 0) is 12.1 Å². The summed E-state index contributed by atoms with van der Waals surface area (Å²) in [5.41, 5.74) is 6.12. The van der Waals surface area contributed by atoms with Gasteiger partial charge in [-0.15, -0.1) is 0 Å². The average molecular weight is 216 g/mol. The highest BCUT2D eigenvalue weighted by Crippen LogP contribution is 2.22. The highest BCUT2D eigenvalue weighted by atomic mass is 35.5. The van der Waals surface area contributed by atoms with E-state index in [1.807, 2.05) is 6.07 Å². The van der Waals surface area contributed by atoms with Crippen molar-refractivity contribution in [1.82, 2.24) is 4.98 Å². The molecule has 0 radical (unpaired) electrons. The Kier molecular flexibility index (Phi) is 3.49. The highest BCUT2D eigenvalue weighted by molar-refractivity contribution is 6.32. The second-order valence-corrected chi connectivity index (χ2v) is 3.26. The van der Waals surface area contributed by atoms with Crippen molar-refractivity contribution >= 4 is 23.2 Å². The summed E-state index contributed by atoms with van der Waals surface area (Å²) in [7, 11) is 0. The molecule has 1 heterocycles. The van der Waals surface area contributed by atoms with E-state index in [-0.39, 0.29) is 6.42 Å². The van der Waals surface area contributed by atoms with Crippen molar-refractivity contribution in [3.05, 3.63) is 28.0 Å². The van der Waals surface area contributed by atoms with Crippen LogP contribution in [0.3, 0.4) is 0 Å². The monoisotopic (exact) mass is 215 g/mol. The zero-order valence-corrected chi connectivity index (χ0v) is 8.18. The molecule has 0 saturated heterocycles. The highest BCUT2D eigenvalue weighted by Gasteiger charge is 2.11. The molecule has 0 saturated carbocycles. The molecule has 13 heavy (non-hydrogen) atoms. The Balaban J connectivity index is 3.00. The molecule has 0 bridgehead atoms. The summed E-state index contributed by atoms with van der Waals surface area (Å²) in [5, 5.41) is 9.19. The first kappa shape index (κ1) is 10.3. The quantitative estimate of drug-likeness (QED) is 0.771. The lowest BCUT2D eigenvalue weighted by Crippen LogP contribution is -2.11. The van der Waals surface area contributed by atoms with Gasteiger partial charge in [-0.2, -0.15) is 5.26 Å². The van der Waals surface area contributed by atoms with Crippen LogP contribution in [-0.2, 0) is 0 Å². The van der Waals surface area contributed by atoms with Gasteiger partial charge < -0.3 is 5.73 Å². The number of pyridine rings is 1. The number of halogens is 2. The molecule has 68 valence electrons. The molecule has 1 aromatic rings. The van der Waals surface area contributed by atoms with Crippen LogP contribution in [0.2, 0.25) is 10.2 Å². The van der Waals surface area contributed by atoms with Crippen LogP contribution >= 0.6 is 23.2 Å². The predicted molar refractivity (Wildman–Crippen MR) is 51.4 cm³/mol. The van der Waals surface area contributed by atoms with Gasteiger partial charge >= 0.3 is 0 Å². The number of nitrogens with two attached hydrogens (primary N) is 1. The van der Waals surface area contributed by atoms with Crippen LogP contribution < -0.4 is 5.73 Å². The van der Waals surface area contributed by atoms with Crippen molar-refractivity contribution in [2.75, 3.05) is 0 Å². The number of nitrogens with zero attached hydrogens (tertiary/aromatic N) is 2. The Morgan fingerprint density at radius 3 is 2.85 bits per heavy atom. The molecule has 0 unspecified atom stereocenters. The summed E-state index contributed by atoms with van der Waals surface area (Å²) in [5.74, 6) is 0. The largest absolute Gasteiger partial charge is 0.322 e. The van der Waals surface area contributed by atoms with Crippen LogP contribution in [0.15, 0.2) is 12.1 Å². The molecule has 1 atom stereocenters. The van der Waals surface area contributed by atoms with Gasteiger partial charge in [0.05, 0.1) is 29.2 Å². The Hall–Kier alpha value is -0.820. The van der Waals surface area contributed by atoms with Gasteiger partial charge in [-0.3, -0.25) is 0 Å². The van der Waals surface area contributed by atoms with E-state index in [1.54, 1.807) is 12.1 Å². The SMILES string of the molecule is N#CC[C@@H](N)c1nc(Cl)ccc1Cl. The first-order chi connectivity index (χ1) is 6.15. The third-order valence-corrected chi connectivity index (χ3v) is 2.03. The van der Waals surface area contributed by atoms with Gasteiger partial charge in [0, 0.05) is 0 Å². The molecule has 5 heteroatoms. The lowest BCUT2D eigenvalue weighted by molar-refractivity contribution is 0.720. The molecule has 2 N–H and O–H groups in total. The van der Waals surface area contributed by atoms with Gasteiger partial charge in [0.25, 0.3) is 0 Å². The maximum atomic E-state index is 8.42. The number of hydrogen-bond donors (Lipinski definition) is 1. The number of hydrogen-bond acceptors (Lipinski definition) is 3. The van der Waals surface area contributed by atoms with Crippen molar-refractivity contribution in [3.8, 4) is 6.07 Å². The molecule has 0 fully saturated rings. The summed E-state index contributed by atoms with van der Waals surface area (Å²) in [6, 6.07) is 4.66. The second kappa shape index (κ2) is 4.43. The minimum Gasteiger partial charge on any atom is -0.322 e. The van der Waals surface area contributed by atoms with Crippen LogP contribution in [0, 0.1) is 11.3 Å². The van der Waals surface area contributed by atoms with E-state index in [4.69, 9.17) is 34.2 Å². The van der Waals surface area contributed by atoms with Crippen molar-refractivity contribution in [3.63, 3.8) is 0 Å². The fraction of sp³-hybridized carbons (Fsp3) is 0.250. The Bertz CT molecular complexity index is 346. The van der Waals surface area contributed by atoms with Crippen molar-refractivity contribution in [2.45, 2.75) is 12.5 Å². The van der Waals surface area contributed by atoms with E-state index in [0.717, 1.165) is 0 Å². The standard InChI is InChI=1S/C8H7Cl2N3/c9-5-1-2-7(10)13-8(5)6(12)3-4-11/h1-2,6H,3,12H2/t6-/m1/s1. The first-order valence-corrected chi connectivity index (χ1v) is 4.35. The maximum absolute atomic E-state index is 8.42. The molecule has 1 aromatic heterocycles. The van der Waals surface area contributed by atoms with Crippen LogP contribution in [0.1, 0.15) is 18.2 Å². The molecule has 0 aliphatic heterocycles.